The Labute approximate surface area is 173 Å². The molecule has 0 saturated carbocycles. The van der Waals surface area contributed by atoms with Crippen molar-refractivity contribution in [2.24, 2.45) is 10.9 Å². The van der Waals surface area contributed by atoms with Crippen LogP contribution in [0.3, 0.4) is 0 Å². The number of nitrogens with one attached hydrogen (secondary N) is 2. The maximum atomic E-state index is 11.6. The summed E-state index contributed by atoms with van der Waals surface area (Å²) in [6.45, 7) is 6.67. The molecule has 0 spiro atoms. The fraction of sp³-hybridized carbons (Fsp3) is 0.588. The van der Waals surface area contributed by atoms with Gasteiger partial charge < -0.3 is 10.6 Å². The molecule has 0 bridgehead atoms. The van der Waals surface area contributed by atoms with Crippen LogP contribution in [0.4, 0.5) is 0 Å². The van der Waals surface area contributed by atoms with Crippen molar-refractivity contribution in [1.29, 1.82) is 0 Å². The van der Waals surface area contributed by atoms with Gasteiger partial charge >= 0.3 is 0 Å². The van der Waals surface area contributed by atoms with Crippen LogP contribution in [0.1, 0.15) is 38.8 Å². The van der Waals surface area contributed by atoms with E-state index in [4.69, 9.17) is 11.6 Å². The Morgan fingerprint density at radius 2 is 1.88 bits per heavy atom. The number of rotatable bonds is 5. The lowest BCUT2D eigenvalue weighted by atomic mass is 10.1. The smallest absolute Gasteiger partial charge is 0.191 e. The van der Waals surface area contributed by atoms with E-state index in [0.29, 0.717) is 23.9 Å². The first-order valence-corrected chi connectivity index (χ1v) is 10.5. The molecule has 8 heteroatoms. The Morgan fingerprint density at radius 3 is 2.40 bits per heavy atom. The molecule has 1 aliphatic rings. The molecule has 1 aromatic carbocycles. The number of sulfone groups is 1. The third-order valence-corrected chi connectivity index (χ3v) is 6.07. The van der Waals surface area contributed by atoms with E-state index in [1.54, 1.807) is 0 Å². The molecule has 0 aliphatic carbocycles. The number of aliphatic imine (C=N–C) groups is 1. The first-order chi connectivity index (χ1) is 11.2. The highest BCUT2D eigenvalue weighted by atomic mass is 127. The van der Waals surface area contributed by atoms with Crippen LogP contribution in [0.25, 0.3) is 0 Å². The van der Waals surface area contributed by atoms with Gasteiger partial charge in [-0.2, -0.15) is 0 Å². The second-order valence-electron chi connectivity index (χ2n) is 6.67. The maximum Gasteiger partial charge on any atom is 0.191 e. The lowest BCUT2D eigenvalue weighted by molar-refractivity contribution is 0.584. The zero-order valence-corrected chi connectivity index (χ0v) is 18.7. The third kappa shape index (κ3) is 7.70. The topological polar surface area (TPSA) is 70.6 Å². The molecule has 2 rings (SSSR count). The standard InChI is InChI=1S/C17H26ClN3O2S.HI/c1-12(2)20-17(19-10-14-8-9-24(22,23)11-14)21-13(3)15-4-6-16(18)7-5-15;/h4-7,12-14H,8-11H2,1-3H3,(H2,19,20,21);1H. The summed E-state index contributed by atoms with van der Waals surface area (Å²) in [7, 11) is -2.86. The molecule has 1 aromatic rings. The van der Waals surface area contributed by atoms with Crippen LogP contribution in [0.2, 0.25) is 5.02 Å². The number of halogens is 2. The molecule has 25 heavy (non-hydrogen) atoms. The highest BCUT2D eigenvalue weighted by Gasteiger charge is 2.27. The van der Waals surface area contributed by atoms with Gasteiger partial charge in [0.25, 0.3) is 0 Å². The van der Waals surface area contributed by atoms with E-state index in [2.05, 4.69) is 22.5 Å². The summed E-state index contributed by atoms with van der Waals surface area (Å²) >= 11 is 5.93. The Kier molecular flexibility index (Phi) is 8.97. The molecule has 5 nitrogen and oxygen atoms in total. The molecule has 1 aliphatic heterocycles. The van der Waals surface area contributed by atoms with E-state index >= 15 is 0 Å². The van der Waals surface area contributed by atoms with Crippen molar-refractivity contribution in [3.63, 3.8) is 0 Å². The average Bonchev–Trinajstić information content (AvgIpc) is 2.84. The normalized spacial score (nSPS) is 20.8. The van der Waals surface area contributed by atoms with Crippen LogP contribution in [-0.4, -0.2) is 38.5 Å². The predicted molar refractivity (Wildman–Crippen MR) is 116 cm³/mol. The van der Waals surface area contributed by atoms with Crippen molar-refractivity contribution < 1.29 is 8.42 Å². The third-order valence-electron chi connectivity index (χ3n) is 3.98. The molecule has 0 radical (unpaired) electrons. The lowest BCUT2D eigenvalue weighted by Crippen LogP contribution is -2.42. The van der Waals surface area contributed by atoms with Crippen molar-refractivity contribution >= 4 is 51.4 Å². The van der Waals surface area contributed by atoms with Gasteiger partial charge in [0.2, 0.25) is 0 Å². The van der Waals surface area contributed by atoms with Gasteiger partial charge in [-0.1, -0.05) is 23.7 Å². The van der Waals surface area contributed by atoms with Crippen molar-refractivity contribution in [3.05, 3.63) is 34.9 Å². The minimum atomic E-state index is -2.86. The maximum absolute atomic E-state index is 11.6. The zero-order valence-electron chi connectivity index (χ0n) is 14.8. The van der Waals surface area contributed by atoms with Crippen LogP contribution >= 0.6 is 35.6 Å². The van der Waals surface area contributed by atoms with Crippen LogP contribution in [0.15, 0.2) is 29.3 Å². The van der Waals surface area contributed by atoms with Gasteiger partial charge in [-0.15, -0.1) is 24.0 Å². The second kappa shape index (κ2) is 9.97. The first kappa shape index (κ1) is 22.5. The van der Waals surface area contributed by atoms with Crippen molar-refractivity contribution in [2.45, 2.75) is 39.3 Å². The van der Waals surface area contributed by atoms with Gasteiger partial charge in [-0.25, -0.2) is 8.42 Å². The first-order valence-electron chi connectivity index (χ1n) is 8.28. The van der Waals surface area contributed by atoms with Gasteiger partial charge in [-0.3, -0.25) is 4.99 Å². The number of guanidine groups is 1. The molecular formula is C17H27ClIN3O2S. The molecule has 0 amide bonds. The SMILES string of the molecule is CC(C)NC(=NCC1CCS(=O)(=O)C1)NC(C)c1ccc(Cl)cc1.I. The van der Waals surface area contributed by atoms with E-state index in [0.717, 1.165) is 5.56 Å². The van der Waals surface area contributed by atoms with Crippen LogP contribution < -0.4 is 10.6 Å². The summed E-state index contributed by atoms with van der Waals surface area (Å²) in [6.07, 6.45) is 0.702. The summed E-state index contributed by atoms with van der Waals surface area (Å²) in [5.41, 5.74) is 1.11. The fourth-order valence-electron chi connectivity index (χ4n) is 2.68. The Balaban J connectivity index is 0.00000312. The van der Waals surface area contributed by atoms with Crippen molar-refractivity contribution in [2.75, 3.05) is 18.1 Å². The van der Waals surface area contributed by atoms with Crippen LogP contribution in [0, 0.1) is 5.92 Å². The average molecular weight is 500 g/mol. The molecule has 0 aromatic heterocycles. The van der Waals surface area contributed by atoms with E-state index in [-0.39, 0.29) is 53.5 Å². The number of nitrogens with zero attached hydrogens (tertiary/aromatic N) is 1. The molecule has 142 valence electrons. The van der Waals surface area contributed by atoms with Crippen molar-refractivity contribution in [3.8, 4) is 0 Å². The summed E-state index contributed by atoms with van der Waals surface area (Å²) in [5, 5.41) is 7.39. The van der Waals surface area contributed by atoms with Crippen molar-refractivity contribution in [1.82, 2.24) is 10.6 Å². The molecule has 2 unspecified atom stereocenters. The van der Waals surface area contributed by atoms with Gasteiger partial charge in [0.1, 0.15) is 0 Å². The second-order valence-corrected chi connectivity index (χ2v) is 9.34. The van der Waals surface area contributed by atoms with E-state index in [9.17, 15) is 8.42 Å². The summed E-state index contributed by atoms with van der Waals surface area (Å²) < 4.78 is 23.1. The number of hydrogen-bond donors (Lipinski definition) is 2. The monoisotopic (exact) mass is 499 g/mol. The Hall–Kier alpha value is -0.540. The zero-order chi connectivity index (χ0) is 17.7. The molecule has 2 atom stereocenters. The van der Waals surface area contributed by atoms with Crippen LogP contribution in [0.5, 0.6) is 0 Å². The molecule has 1 heterocycles. The van der Waals surface area contributed by atoms with Crippen LogP contribution in [-0.2, 0) is 9.84 Å². The highest BCUT2D eigenvalue weighted by Crippen LogP contribution is 2.19. The van der Waals surface area contributed by atoms with Gasteiger partial charge in [0.15, 0.2) is 15.8 Å². The minimum absolute atomic E-state index is 0. The summed E-state index contributed by atoms with van der Waals surface area (Å²) in [5.74, 6) is 1.36. The Morgan fingerprint density at radius 1 is 1.24 bits per heavy atom. The summed E-state index contributed by atoms with van der Waals surface area (Å²) in [6, 6.07) is 8.00. The van der Waals surface area contributed by atoms with Gasteiger partial charge in [-0.05, 0) is 50.8 Å². The lowest BCUT2D eigenvalue weighted by Gasteiger charge is -2.21. The number of benzene rings is 1. The quantitative estimate of drug-likeness (QED) is 0.370. The van der Waals surface area contributed by atoms with Gasteiger partial charge in [0, 0.05) is 17.6 Å². The largest absolute Gasteiger partial charge is 0.354 e. The molecule has 1 fully saturated rings. The fourth-order valence-corrected chi connectivity index (χ4v) is 4.66. The summed E-state index contributed by atoms with van der Waals surface area (Å²) in [4.78, 5) is 4.60. The number of hydrogen-bond acceptors (Lipinski definition) is 3. The molecular weight excluding hydrogens is 473 g/mol. The van der Waals surface area contributed by atoms with E-state index in [1.165, 1.54) is 0 Å². The van der Waals surface area contributed by atoms with E-state index in [1.807, 2.05) is 38.1 Å². The Bertz CT molecular complexity index is 678. The van der Waals surface area contributed by atoms with Gasteiger partial charge in [0.05, 0.1) is 17.5 Å². The molecule has 1 saturated heterocycles. The minimum Gasteiger partial charge on any atom is -0.354 e. The highest BCUT2D eigenvalue weighted by molar-refractivity contribution is 14.0. The molecule has 2 N–H and O–H groups in total. The van der Waals surface area contributed by atoms with E-state index < -0.39 is 9.84 Å². The predicted octanol–water partition coefficient (Wildman–Crippen LogP) is 3.40.